The maximum atomic E-state index is 11.8. The van der Waals surface area contributed by atoms with Gasteiger partial charge in [-0.25, -0.2) is 0 Å². The van der Waals surface area contributed by atoms with E-state index in [1.807, 2.05) is 6.92 Å². The van der Waals surface area contributed by atoms with E-state index in [1.165, 1.54) is 0 Å². The van der Waals surface area contributed by atoms with Gasteiger partial charge >= 0.3 is 6.18 Å². The normalized spacial score (nSPS) is 13.9. The molecular weight excluding hydrogens is 207 g/mol. The van der Waals surface area contributed by atoms with Crippen LogP contribution in [-0.4, -0.2) is 32.0 Å². The van der Waals surface area contributed by atoms with Crippen molar-refractivity contribution in [1.29, 1.82) is 0 Å². The van der Waals surface area contributed by atoms with Crippen molar-refractivity contribution in [3.63, 3.8) is 0 Å². The Morgan fingerprint density at radius 1 is 1.47 bits per heavy atom. The number of hydrogen-bond donors (Lipinski definition) is 1. The van der Waals surface area contributed by atoms with Crippen molar-refractivity contribution in [3.8, 4) is 0 Å². The first kappa shape index (κ1) is 14.5. The van der Waals surface area contributed by atoms with Crippen molar-refractivity contribution in [2.24, 2.45) is 0 Å². The van der Waals surface area contributed by atoms with E-state index in [0.717, 1.165) is 18.5 Å². The highest BCUT2D eigenvalue weighted by Crippen LogP contribution is 2.14. The molecule has 0 aromatic rings. The van der Waals surface area contributed by atoms with Gasteiger partial charge < -0.3 is 10.1 Å². The zero-order valence-corrected chi connectivity index (χ0v) is 9.16. The lowest BCUT2D eigenvalue weighted by molar-refractivity contribution is -0.174. The lowest BCUT2D eigenvalue weighted by atomic mass is 10.1. The molecule has 0 fully saturated rings. The molecule has 0 spiro atoms. The molecule has 0 aromatic heterocycles. The quantitative estimate of drug-likeness (QED) is 0.672. The van der Waals surface area contributed by atoms with Gasteiger partial charge in [-0.05, 0) is 19.9 Å². The second kappa shape index (κ2) is 6.85. The highest BCUT2D eigenvalue weighted by Gasteiger charge is 2.27. The van der Waals surface area contributed by atoms with E-state index in [4.69, 9.17) is 0 Å². The van der Waals surface area contributed by atoms with Crippen LogP contribution in [0.5, 0.6) is 0 Å². The molecule has 0 saturated carbocycles. The molecule has 2 nitrogen and oxygen atoms in total. The minimum atomic E-state index is -4.26. The highest BCUT2D eigenvalue weighted by molar-refractivity contribution is 5.01. The molecule has 5 heteroatoms. The number of halogens is 3. The van der Waals surface area contributed by atoms with Gasteiger partial charge in [0.05, 0.1) is 12.6 Å². The van der Waals surface area contributed by atoms with Crippen LogP contribution in [0, 0.1) is 0 Å². The molecule has 15 heavy (non-hydrogen) atoms. The van der Waals surface area contributed by atoms with Crippen molar-refractivity contribution in [3.05, 3.63) is 12.2 Å². The number of rotatable bonds is 7. The Bertz CT molecular complexity index is 192. The molecule has 1 N–H and O–H groups in total. The minimum absolute atomic E-state index is 0.00877. The lowest BCUT2D eigenvalue weighted by Gasteiger charge is -2.19. The summed E-state index contributed by atoms with van der Waals surface area (Å²) in [5.41, 5.74) is 0.783. The zero-order chi connectivity index (χ0) is 11.9. The van der Waals surface area contributed by atoms with Crippen LogP contribution >= 0.6 is 0 Å². The summed E-state index contributed by atoms with van der Waals surface area (Å²) >= 11 is 0. The van der Waals surface area contributed by atoms with Crippen LogP contribution in [0.2, 0.25) is 0 Å². The smallest absolute Gasteiger partial charge is 0.370 e. The molecule has 0 aliphatic carbocycles. The highest BCUT2D eigenvalue weighted by atomic mass is 19.4. The van der Waals surface area contributed by atoms with E-state index < -0.39 is 12.8 Å². The minimum Gasteiger partial charge on any atom is -0.370 e. The molecule has 1 atom stereocenters. The van der Waals surface area contributed by atoms with Crippen LogP contribution in [0.25, 0.3) is 0 Å². The fraction of sp³-hybridized carbons (Fsp3) is 0.800. The van der Waals surface area contributed by atoms with Crippen LogP contribution in [-0.2, 0) is 4.74 Å². The van der Waals surface area contributed by atoms with Gasteiger partial charge in [0.1, 0.15) is 6.61 Å². The first-order chi connectivity index (χ1) is 6.87. The molecule has 0 amide bonds. The van der Waals surface area contributed by atoms with Gasteiger partial charge in [0, 0.05) is 0 Å². The molecule has 0 aliphatic heterocycles. The number of nitrogens with one attached hydrogen (secondary N) is 1. The van der Waals surface area contributed by atoms with E-state index in [9.17, 15) is 13.2 Å². The average Bonchev–Trinajstić information content (AvgIpc) is 2.08. The maximum Gasteiger partial charge on any atom is 0.411 e. The number of ether oxygens (including phenoxy) is 1. The third-order valence-corrected chi connectivity index (χ3v) is 1.79. The summed E-state index contributed by atoms with van der Waals surface area (Å²) in [4.78, 5) is 0. The first-order valence-corrected chi connectivity index (χ1v) is 4.90. The van der Waals surface area contributed by atoms with Gasteiger partial charge in [0.15, 0.2) is 0 Å². The third kappa shape index (κ3) is 8.44. The summed E-state index contributed by atoms with van der Waals surface area (Å²) < 4.78 is 39.9. The van der Waals surface area contributed by atoms with Crippen molar-refractivity contribution >= 4 is 0 Å². The Kier molecular flexibility index (Phi) is 6.60. The molecule has 0 heterocycles. The van der Waals surface area contributed by atoms with Crippen LogP contribution in [0.15, 0.2) is 12.2 Å². The third-order valence-electron chi connectivity index (χ3n) is 1.79. The van der Waals surface area contributed by atoms with Crippen LogP contribution in [0.1, 0.15) is 20.3 Å². The Hall–Kier alpha value is -0.550. The Balaban J connectivity index is 3.81. The Labute approximate surface area is 88.5 Å². The summed E-state index contributed by atoms with van der Waals surface area (Å²) in [5, 5.41) is 3.06. The lowest BCUT2D eigenvalue weighted by Crippen LogP contribution is -2.36. The predicted octanol–water partition coefficient (Wildman–Crippen LogP) is 2.51. The Morgan fingerprint density at radius 3 is 2.47 bits per heavy atom. The molecule has 0 aromatic carbocycles. The summed E-state index contributed by atoms with van der Waals surface area (Å²) in [5.74, 6) is 0. The summed E-state index contributed by atoms with van der Waals surface area (Å²) in [6.45, 7) is 7.00. The monoisotopic (exact) mass is 225 g/mol. The molecule has 0 bridgehead atoms. The second-order valence-corrected chi connectivity index (χ2v) is 3.48. The van der Waals surface area contributed by atoms with Gasteiger partial charge in [-0.15, -0.1) is 0 Å². The fourth-order valence-electron chi connectivity index (χ4n) is 0.986. The maximum absolute atomic E-state index is 11.8. The standard InChI is InChI=1S/C10H18F3NO/c1-4-5-14-9(8(2)3)6-15-7-10(11,12)13/h9,14H,2,4-7H2,1,3H3. The molecular formula is C10H18F3NO. The van der Waals surface area contributed by atoms with Gasteiger partial charge in [0.25, 0.3) is 0 Å². The first-order valence-electron chi connectivity index (χ1n) is 4.90. The van der Waals surface area contributed by atoms with E-state index in [0.29, 0.717) is 0 Å². The molecule has 0 aliphatic rings. The molecule has 90 valence electrons. The average molecular weight is 225 g/mol. The zero-order valence-electron chi connectivity index (χ0n) is 9.16. The SMILES string of the molecule is C=C(C)C(COCC(F)(F)F)NCCC. The van der Waals surface area contributed by atoms with Crippen LogP contribution < -0.4 is 5.32 Å². The molecule has 1 unspecified atom stereocenters. The fourth-order valence-corrected chi connectivity index (χ4v) is 0.986. The van der Waals surface area contributed by atoms with Gasteiger partial charge in [-0.3, -0.25) is 0 Å². The van der Waals surface area contributed by atoms with Crippen molar-refractivity contribution in [2.75, 3.05) is 19.8 Å². The van der Waals surface area contributed by atoms with Crippen LogP contribution in [0.3, 0.4) is 0 Å². The van der Waals surface area contributed by atoms with Crippen molar-refractivity contribution < 1.29 is 17.9 Å². The Morgan fingerprint density at radius 2 is 2.07 bits per heavy atom. The predicted molar refractivity (Wildman–Crippen MR) is 53.8 cm³/mol. The van der Waals surface area contributed by atoms with Gasteiger partial charge in [-0.2, -0.15) is 13.2 Å². The van der Waals surface area contributed by atoms with E-state index in [-0.39, 0.29) is 12.6 Å². The van der Waals surface area contributed by atoms with Gasteiger partial charge in [-0.1, -0.05) is 19.1 Å². The van der Waals surface area contributed by atoms with Gasteiger partial charge in [0.2, 0.25) is 0 Å². The van der Waals surface area contributed by atoms with E-state index in [1.54, 1.807) is 6.92 Å². The van der Waals surface area contributed by atoms with Crippen LogP contribution in [0.4, 0.5) is 13.2 Å². The van der Waals surface area contributed by atoms with E-state index in [2.05, 4.69) is 16.6 Å². The number of hydrogen-bond acceptors (Lipinski definition) is 2. The van der Waals surface area contributed by atoms with Crippen molar-refractivity contribution in [1.82, 2.24) is 5.32 Å². The molecule has 0 radical (unpaired) electrons. The number of alkyl halides is 3. The van der Waals surface area contributed by atoms with E-state index >= 15 is 0 Å². The van der Waals surface area contributed by atoms with Crippen molar-refractivity contribution in [2.45, 2.75) is 32.5 Å². The largest absolute Gasteiger partial charge is 0.411 e. The summed E-state index contributed by atoms with van der Waals surface area (Å²) in [7, 11) is 0. The second-order valence-electron chi connectivity index (χ2n) is 3.48. The summed E-state index contributed by atoms with van der Waals surface area (Å²) in [6.07, 6.45) is -3.34. The molecule has 0 saturated heterocycles. The topological polar surface area (TPSA) is 21.3 Å². The summed E-state index contributed by atoms with van der Waals surface area (Å²) in [6, 6.07) is -0.202. The molecule has 0 rings (SSSR count).